The molecule has 0 aromatic carbocycles. The van der Waals surface area contributed by atoms with Crippen LogP contribution in [0.4, 0.5) is 26.3 Å². The summed E-state index contributed by atoms with van der Waals surface area (Å²) in [5, 5.41) is 0. The van der Waals surface area contributed by atoms with Crippen LogP contribution in [0, 0.1) is 0 Å². The van der Waals surface area contributed by atoms with Crippen molar-refractivity contribution in [2.45, 2.75) is 11.0 Å². The maximum atomic E-state index is 11.6. The lowest BCUT2D eigenvalue weighted by Crippen LogP contribution is -2.36. The zero-order valence-electron chi connectivity index (χ0n) is 6.53. The second kappa shape index (κ2) is 3.83. The largest absolute Gasteiger partial charge is 0.510 e. The smallest absolute Gasteiger partial charge is 0.225 e. The minimum Gasteiger partial charge on any atom is -0.225 e. The third kappa shape index (κ3) is 2.48. The molecule has 5 nitrogen and oxygen atoms in total. The summed E-state index contributed by atoms with van der Waals surface area (Å²) in [7, 11) is -19.1. The van der Waals surface area contributed by atoms with Gasteiger partial charge in [-0.2, -0.15) is 26.3 Å². The van der Waals surface area contributed by atoms with Crippen molar-refractivity contribution in [2.24, 2.45) is 0 Å². The van der Waals surface area contributed by atoms with Crippen molar-refractivity contribution in [2.75, 3.05) is 0 Å². The van der Waals surface area contributed by atoms with Crippen LogP contribution >= 0.6 is 0 Å². The van der Waals surface area contributed by atoms with E-state index in [0.29, 0.717) is 0 Å². The van der Waals surface area contributed by atoms with Gasteiger partial charge in [0.25, 0.3) is 8.86 Å². The van der Waals surface area contributed by atoms with Gasteiger partial charge in [0.2, 0.25) is 0 Å². The van der Waals surface area contributed by atoms with E-state index in [-0.39, 0.29) is 0 Å². The Hall–Kier alpha value is -0.370. The number of rotatable bonds is 2. The van der Waals surface area contributed by atoms with E-state index in [0.717, 1.165) is 0 Å². The highest BCUT2D eigenvalue weighted by Gasteiger charge is 2.62. The number of halogens is 6. The van der Waals surface area contributed by atoms with Gasteiger partial charge in [0.1, 0.15) is 0 Å². The van der Waals surface area contributed by atoms with E-state index in [1.807, 2.05) is 0 Å². The van der Waals surface area contributed by atoms with Crippen LogP contribution in [0.2, 0.25) is 0 Å². The molecule has 0 spiro atoms. The molecule has 0 N–H and O–H groups in total. The van der Waals surface area contributed by atoms with Gasteiger partial charge in [-0.15, -0.1) is 0 Å². The topological polar surface area (TPSA) is 85.3 Å². The lowest BCUT2D eigenvalue weighted by molar-refractivity contribution is -0.0416. The molecule has 0 amide bonds. The van der Waals surface area contributed by atoms with Crippen molar-refractivity contribution in [3.8, 4) is 0 Å². The summed E-state index contributed by atoms with van der Waals surface area (Å²) in [5.41, 5.74) is -12.7. The lowest BCUT2D eigenvalue weighted by Gasteiger charge is -2.09. The molecule has 0 bridgehead atoms. The number of hydrogen-bond acceptors (Lipinski definition) is 5. The minimum atomic E-state index is -6.95. The van der Waals surface area contributed by atoms with Crippen molar-refractivity contribution < 1.29 is 47.4 Å². The van der Waals surface area contributed by atoms with Gasteiger partial charge < -0.3 is 0 Å². The van der Waals surface area contributed by atoms with E-state index in [1.165, 1.54) is 0 Å². The Morgan fingerprint density at radius 3 is 1.00 bits per heavy atom. The predicted molar refractivity (Wildman–Crippen MR) is 38.1 cm³/mol. The molecule has 0 atom stereocenters. The van der Waals surface area contributed by atoms with Crippen molar-refractivity contribution in [1.82, 2.24) is 0 Å². The monoisotopic (exact) mass is 314 g/mol. The van der Waals surface area contributed by atoms with Gasteiger partial charge in [-0.1, -0.05) is 0 Å². The van der Waals surface area contributed by atoms with Crippen LogP contribution in [0.15, 0.2) is 0 Å². The average molecular weight is 314 g/mol. The molecule has 0 aliphatic carbocycles. The van der Waals surface area contributed by atoms with Crippen LogP contribution in [0.25, 0.3) is 0 Å². The SMILES string of the molecule is O=S(S(=O)(=O)C(F)(F)F)S(=O)(=O)C(F)(F)F. The standard InChI is InChI=1S/C2F6O5S3/c3-1(4,5)15(10,11)14(9)16(12,13)2(6,7)8. The first-order chi connectivity index (χ1) is 6.65. The third-order valence-corrected chi connectivity index (χ3v) is 9.28. The fourth-order valence-electron chi connectivity index (χ4n) is 0.272. The van der Waals surface area contributed by atoms with Crippen LogP contribution in [0.3, 0.4) is 0 Å². The normalized spacial score (nSPS) is 15.4. The highest BCUT2D eigenvalue weighted by atomic mass is 33.5. The summed E-state index contributed by atoms with van der Waals surface area (Å²) in [6.45, 7) is 0. The van der Waals surface area contributed by atoms with Crippen molar-refractivity contribution in [1.29, 1.82) is 0 Å². The molecule has 0 aliphatic rings. The summed E-state index contributed by atoms with van der Waals surface area (Å²) in [6.07, 6.45) is 0. The molecule has 0 heterocycles. The molecular weight excluding hydrogens is 314 g/mol. The molecule has 0 saturated heterocycles. The lowest BCUT2D eigenvalue weighted by atomic mass is 11.6. The molecule has 0 fully saturated rings. The fraction of sp³-hybridized carbons (Fsp3) is 1.00. The second-order valence-electron chi connectivity index (χ2n) is 2.00. The van der Waals surface area contributed by atoms with Crippen LogP contribution in [-0.4, -0.2) is 32.1 Å². The minimum absolute atomic E-state index is 5.19. The Morgan fingerprint density at radius 2 is 0.875 bits per heavy atom. The maximum absolute atomic E-state index is 11.6. The molecule has 0 aliphatic heterocycles. The Labute approximate surface area is 85.5 Å². The first-order valence-electron chi connectivity index (χ1n) is 2.71. The van der Waals surface area contributed by atoms with Crippen molar-refractivity contribution in [3.05, 3.63) is 0 Å². The van der Waals surface area contributed by atoms with Gasteiger partial charge in [-0.05, 0) is 0 Å². The summed E-state index contributed by atoms with van der Waals surface area (Å²) >= 11 is 0. The van der Waals surface area contributed by atoms with Crippen molar-refractivity contribution >= 4 is 26.6 Å². The Balaban J connectivity index is 5.81. The molecule has 0 rings (SSSR count). The Bertz CT molecular complexity index is 445. The summed E-state index contributed by atoms with van der Waals surface area (Å²) < 4.78 is 120. The molecular formula is C2F6O5S3. The zero-order valence-corrected chi connectivity index (χ0v) is 8.98. The average Bonchev–Trinajstić information content (AvgIpc) is 1.98. The first-order valence-corrected chi connectivity index (χ1v) is 7.86. The van der Waals surface area contributed by atoms with Gasteiger partial charge in [0.05, 0.1) is 0 Å². The molecule has 0 aromatic heterocycles. The van der Waals surface area contributed by atoms with E-state index >= 15 is 0 Å². The molecule has 14 heteroatoms. The van der Waals surface area contributed by atoms with E-state index < -0.39 is 37.6 Å². The van der Waals surface area contributed by atoms with E-state index in [2.05, 4.69) is 0 Å². The van der Waals surface area contributed by atoms with E-state index in [4.69, 9.17) is 0 Å². The summed E-state index contributed by atoms with van der Waals surface area (Å²) in [4.78, 5) is 0. The molecule has 0 aromatic rings. The van der Waals surface area contributed by atoms with E-state index in [9.17, 15) is 47.4 Å². The van der Waals surface area contributed by atoms with Gasteiger partial charge in [0.15, 0.2) is 0 Å². The molecule has 0 saturated carbocycles. The predicted octanol–water partition coefficient (Wildman–Crippen LogP) is 0.434. The summed E-state index contributed by atoms with van der Waals surface area (Å²) in [5.74, 6) is 0. The van der Waals surface area contributed by atoms with Crippen LogP contribution in [0.5, 0.6) is 0 Å². The molecule has 0 unspecified atom stereocenters. The molecule has 16 heavy (non-hydrogen) atoms. The van der Waals surface area contributed by atoms with Gasteiger partial charge in [-0.3, -0.25) is 0 Å². The fourth-order valence-corrected chi connectivity index (χ4v) is 5.96. The van der Waals surface area contributed by atoms with Crippen LogP contribution in [0.1, 0.15) is 0 Å². The third-order valence-electron chi connectivity index (χ3n) is 0.925. The highest BCUT2D eigenvalue weighted by molar-refractivity contribution is 8.96. The Morgan fingerprint density at radius 1 is 0.688 bits per heavy atom. The molecule has 0 radical (unpaired) electrons. The first kappa shape index (κ1) is 15.6. The van der Waals surface area contributed by atoms with E-state index in [1.54, 1.807) is 0 Å². The van der Waals surface area contributed by atoms with Crippen molar-refractivity contribution in [3.63, 3.8) is 0 Å². The Kier molecular flexibility index (Phi) is 3.74. The number of alkyl halides is 6. The molecule has 98 valence electrons. The quantitative estimate of drug-likeness (QED) is 0.545. The second-order valence-corrected chi connectivity index (χ2v) is 10.2. The van der Waals surface area contributed by atoms with Crippen LogP contribution < -0.4 is 0 Å². The van der Waals surface area contributed by atoms with Gasteiger partial charge in [-0.25, -0.2) is 21.0 Å². The zero-order chi connectivity index (χ0) is 13.6. The summed E-state index contributed by atoms with van der Waals surface area (Å²) in [6, 6.07) is 0. The maximum Gasteiger partial charge on any atom is 0.510 e. The van der Waals surface area contributed by atoms with Gasteiger partial charge in [0, 0.05) is 0 Å². The van der Waals surface area contributed by atoms with Gasteiger partial charge >= 0.3 is 28.8 Å². The van der Waals surface area contributed by atoms with Crippen LogP contribution in [-0.2, 0) is 26.6 Å². The highest BCUT2D eigenvalue weighted by Crippen LogP contribution is 2.34. The number of hydrogen-bond donors (Lipinski definition) is 0.